The van der Waals surface area contributed by atoms with E-state index in [0.29, 0.717) is 19.6 Å². The molecule has 1 unspecified atom stereocenters. The van der Waals surface area contributed by atoms with E-state index in [1.165, 1.54) is 0 Å². The van der Waals surface area contributed by atoms with Gasteiger partial charge in [0.15, 0.2) is 0 Å². The van der Waals surface area contributed by atoms with Crippen molar-refractivity contribution in [1.82, 2.24) is 4.90 Å². The van der Waals surface area contributed by atoms with Gasteiger partial charge in [0, 0.05) is 26.1 Å². The summed E-state index contributed by atoms with van der Waals surface area (Å²) in [5, 5.41) is 10.3. The van der Waals surface area contributed by atoms with E-state index in [-0.39, 0.29) is 18.9 Å². The number of aliphatic hydroxyl groups excluding tert-OH is 1. The summed E-state index contributed by atoms with van der Waals surface area (Å²) < 4.78 is 5.66. The van der Waals surface area contributed by atoms with E-state index >= 15 is 0 Å². The van der Waals surface area contributed by atoms with Gasteiger partial charge in [-0.2, -0.15) is 0 Å². The largest absolute Gasteiger partial charge is 0.491 e. The maximum Gasteiger partial charge on any atom is 0.218 e. The summed E-state index contributed by atoms with van der Waals surface area (Å²) in [5.41, 5.74) is 7.50. The summed E-state index contributed by atoms with van der Waals surface area (Å²) in [6.07, 6.45) is -0.393. The summed E-state index contributed by atoms with van der Waals surface area (Å²) in [5.74, 6) is 0.398. The van der Waals surface area contributed by atoms with Crippen molar-refractivity contribution in [3.8, 4) is 5.75 Å². The van der Waals surface area contributed by atoms with E-state index in [1.54, 1.807) is 0 Å². The van der Waals surface area contributed by atoms with Crippen molar-refractivity contribution in [1.29, 1.82) is 0 Å². The van der Waals surface area contributed by atoms with Gasteiger partial charge in [-0.05, 0) is 30.2 Å². The Labute approximate surface area is 149 Å². The van der Waals surface area contributed by atoms with Crippen molar-refractivity contribution in [2.24, 2.45) is 5.73 Å². The highest BCUT2D eigenvalue weighted by Crippen LogP contribution is 2.13. The topological polar surface area (TPSA) is 75.8 Å². The van der Waals surface area contributed by atoms with Crippen LogP contribution in [0.2, 0.25) is 0 Å². The molecule has 0 aromatic heterocycles. The lowest BCUT2D eigenvalue weighted by Gasteiger charge is -2.25. The fourth-order valence-electron chi connectivity index (χ4n) is 2.59. The smallest absolute Gasteiger partial charge is 0.218 e. The minimum Gasteiger partial charge on any atom is -0.491 e. The van der Waals surface area contributed by atoms with Crippen LogP contribution < -0.4 is 10.5 Å². The number of ether oxygens (including phenoxy) is 1. The second-order valence-corrected chi connectivity index (χ2v) is 6.22. The van der Waals surface area contributed by atoms with Gasteiger partial charge >= 0.3 is 0 Å². The number of aliphatic hydroxyl groups is 1. The van der Waals surface area contributed by atoms with Gasteiger partial charge in [0.05, 0.1) is 0 Å². The molecule has 0 aliphatic carbocycles. The third-order valence-corrected chi connectivity index (χ3v) is 3.82. The number of nitrogens with zero attached hydrogens (tertiary/aromatic N) is 1. The quantitative estimate of drug-likeness (QED) is 0.693. The minimum atomic E-state index is -0.655. The van der Waals surface area contributed by atoms with E-state index in [9.17, 15) is 9.90 Å². The molecule has 0 bridgehead atoms. The number of hydrogen-bond donors (Lipinski definition) is 2. The second kappa shape index (κ2) is 9.81. The van der Waals surface area contributed by atoms with E-state index in [2.05, 4.69) is 0 Å². The summed E-state index contributed by atoms with van der Waals surface area (Å²) in [6, 6.07) is 17.7. The van der Waals surface area contributed by atoms with Crippen molar-refractivity contribution >= 4 is 5.91 Å². The lowest BCUT2D eigenvalue weighted by molar-refractivity contribution is -0.118. The Morgan fingerprint density at radius 3 is 2.64 bits per heavy atom. The number of carbonyl (C=O) groups is 1. The molecule has 0 heterocycles. The molecule has 0 saturated heterocycles. The van der Waals surface area contributed by atoms with E-state index in [1.807, 2.05) is 66.4 Å². The van der Waals surface area contributed by atoms with Gasteiger partial charge in [-0.15, -0.1) is 0 Å². The number of nitrogens with two attached hydrogens (primary N) is 1. The molecule has 134 valence electrons. The molecule has 5 heteroatoms. The fourth-order valence-corrected chi connectivity index (χ4v) is 2.59. The first-order valence-electron chi connectivity index (χ1n) is 8.45. The Hall–Kier alpha value is -2.37. The number of carbonyl (C=O) groups excluding carboxylic acids is 1. The molecule has 2 aromatic rings. The molecule has 1 amide bonds. The number of amides is 1. The van der Waals surface area contributed by atoms with Crippen LogP contribution in [0.1, 0.15) is 17.5 Å². The third kappa shape index (κ3) is 7.37. The number of aryl methyl sites for hydroxylation is 1. The first kappa shape index (κ1) is 19.0. The second-order valence-electron chi connectivity index (χ2n) is 6.22. The monoisotopic (exact) mass is 342 g/mol. The van der Waals surface area contributed by atoms with Gasteiger partial charge in [0.1, 0.15) is 18.5 Å². The van der Waals surface area contributed by atoms with Crippen LogP contribution in [0.5, 0.6) is 5.75 Å². The van der Waals surface area contributed by atoms with Crippen LogP contribution in [0.15, 0.2) is 54.6 Å². The van der Waals surface area contributed by atoms with Crippen molar-refractivity contribution < 1.29 is 14.6 Å². The summed E-state index contributed by atoms with van der Waals surface area (Å²) in [7, 11) is 0. The molecule has 2 rings (SSSR count). The highest BCUT2D eigenvalue weighted by molar-refractivity contribution is 5.73. The van der Waals surface area contributed by atoms with E-state index in [4.69, 9.17) is 10.5 Å². The van der Waals surface area contributed by atoms with Gasteiger partial charge in [-0.25, -0.2) is 0 Å². The molecular formula is C20H26N2O3. The molecule has 0 aliphatic rings. The summed E-state index contributed by atoms with van der Waals surface area (Å²) in [6.45, 7) is 3.76. The standard InChI is InChI=1S/C20H26N2O3/c1-16-6-5-9-19(12-16)25-15-18(23)14-22(11-10-20(21)24)13-17-7-3-2-4-8-17/h2-9,12,18,23H,10-11,13-15H2,1H3,(H2,21,24). The summed E-state index contributed by atoms with van der Waals surface area (Å²) in [4.78, 5) is 13.1. The van der Waals surface area contributed by atoms with Crippen LogP contribution in [0, 0.1) is 6.92 Å². The Balaban J connectivity index is 1.88. The molecule has 0 saturated carbocycles. The maximum absolute atomic E-state index is 11.1. The Morgan fingerprint density at radius 2 is 1.96 bits per heavy atom. The lowest BCUT2D eigenvalue weighted by Crippen LogP contribution is -2.37. The molecular weight excluding hydrogens is 316 g/mol. The van der Waals surface area contributed by atoms with Gasteiger partial charge in [-0.1, -0.05) is 42.5 Å². The zero-order valence-corrected chi connectivity index (χ0v) is 14.6. The Bertz CT molecular complexity index is 661. The first-order valence-corrected chi connectivity index (χ1v) is 8.45. The molecule has 0 aliphatic heterocycles. The van der Waals surface area contributed by atoms with Gasteiger partial charge in [0.25, 0.3) is 0 Å². The average Bonchev–Trinajstić information content (AvgIpc) is 2.59. The van der Waals surface area contributed by atoms with Gasteiger partial charge in [-0.3, -0.25) is 9.69 Å². The number of primary amides is 1. The fraction of sp³-hybridized carbons (Fsp3) is 0.350. The predicted molar refractivity (Wildman–Crippen MR) is 98.2 cm³/mol. The van der Waals surface area contributed by atoms with E-state index < -0.39 is 6.10 Å². The van der Waals surface area contributed by atoms with Gasteiger partial charge < -0.3 is 15.6 Å². The van der Waals surface area contributed by atoms with Crippen LogP contribution in [-0.4, -0.2) is 41.7 Å². The molecule has 0 spiro atoms. The van der Waals surface area contributed by atoms with Crippen molar-refractivity contribution in [3.05, 3.63) is 65.7 Å². The van der Waals surface area contributed by atoms with Crippen molar-refractivity contribution in [3.63, 3.8) is 0 Å². The highest BCUT2D eigenvalue weighted by Gasteiger charge is 2.14. The average molecular weight is 342 g/mol. The molecule has 0 fully saturated rings. The van der Waals surface area contributed by atoms with Crippen LogP contribution in [-0.2, 0) is 11.3 Å². The number of hydrogen-bond acceptors (Lipinski definition) is 4. The van der Waals surface area contributed by atoms with Crippen LogP contribution in [0.3, 0.4) is 0 Å². The molecule has 0 radical (unpaired) electrons. The molecule has 1 atom stereocenters. The number of benzene rings is 2. The van der Waals surface area contributed by atoms with Gasteiger partial charge in [0.2, 0.25) is 5.91 Å². The van der Waals surface area contributed by atoms with Crippen LogP contribution in [0.4, 0.5) is 0 Å². The van der Waals surface area contributed by atoms with E-state index in [0.717, 1.165) is 16.9 Å². The first-order chi connectivity index (χ1) is 12.0. The maximum atomic E-state index is 11.1. The normalized spacial score (nSPS) is 12.1. The molecule has 3 N–H and O–H groups in total. The lowest BCUT2D eigenvalue weighted by atomic mass is 10.2. The summed E-state index contributed by atoms with van der Waals surface area (Å²) >= 11 is 0. The predicted octanol–water partition coefficient (Wildman–Crippen LogP) is 2.11. The van der Waals surface area contributed by atoms with Crippen molar-refractivity contribution in [2.75, 3.05) is 19.7 Å². The zero-order chi connectivity index (χ0) is 18.1. The van der Waals surface area contributed by atoms with Crippen molar-refractivity contribution in [2.45, 2.75) is 26.0 Å². The van der Waals surface area contributed by atoms with Crippen LogP contribution in [0.25, 0.3) is 0 Å². The molecule has 5 nitrogen and oxygen atoms in total. The minimum absolute atomic E-state index is 0.200. The SMILES string of the molecule is Cc1cccc(OCC(O)CN(CCC(N)=O)Cc2ccccc2)c1. The Morgan fingerprint density at radius 1 is 1.20 bits per heavy atom. The Kier molecular flexibility index (Phi) is 7.44. The molecule has 2 aromatic carbocycles. The zero-order valence-electron chi connectivity index (χ0n) is 14.6. The third-order valence-electron chi connectivity index (χ3n) is 3.82. The number of rotatable bonds is 10. The van der Waals surface area contributed by atoms with Crippen LogP contribution >= 0.6 is 0 Å². The molecule has 25 heavy (non-hydrogen) atoms. The highest BCUT2D eigenvalue weighted by atomic mass is 16.5.